The molecule has 0 spiro atoms. The molecule has 0 aliphatic rings. The van der Waals surface area contributed by atoms with Crippen molar-refractivity contribution in [3.8, 4) is 11.5 Å². The third-order valence-corrected chi connectivity index (χ3v) is 4.19. The third-order valence-electron chi connectivity index (χ3n) is 4.19. The molecule has 124 valence electrons. The van der Waals surface area contributed by atoms with Gasteiger partial charge in [-0.25, -0.2) is 0 Å². The van der Waals surface area contributed by atoms with Crippen molar-refractivity contribution < 1.29 is 10.2 Å². The molecule has 0 saturated heterocycles. The van der Waals surface area contributed by atoms with Crippen LogP contribution in [0.3, 0.4) is 0 Å². The van der Waals surface area contributed by atoms with Gasteiger partial charge in [-0.05, 0) is 75.9 Å². The van der Waals surface area contributed by atoms with Crippen LogP contribution in [0.4, 0.5) is 0 Å². The highest BCUT2D eigenvalue weighted by atomic mass is 16.3. The van der Waals surface area contributed by atoms with Gasteiger partial charge >= 0.3 is 0 Å². The Labute approximate surface area is 139 Å². The SMILES string of the molecule is Cc1cc(C)c(O)c(CCNCCc2cc(C)cc(C)c2O)c1. The number of hydrogen-bond donors (Lipinski definition) is 3. The lowest BCUT2D eigenvalue weighted by atomic mass is 10.0. The van der Waals surface area contributed by atoms with Crippen LogP contribution >= 0.6 is 0 Å². The zero-order valence-corrected chi connectivity index (χ0v) is 14.5. The van der Waals surface area contributed by atoms with Crippen LogP contribution in [-0.4, -0.2) is 23.3 Å². The second-order valence-electron chi connectivity index (χ2n) is 6.43. The van der Waals surface area contributed by atoms with Crippen LogP contribution < -0.4 is 5.32 Å². The molecule has 2 aromatic rings. The number of phenols is 2. The zero-order chi connectivity index (χ0) is 17.0. The lowest BCUT2D eigenvalue weighted by molar-refractivity contribution is 0.460. The van der Waals surface area contributed by atoms with Gasteiger partial charge in [-0.1, -0.05) is 35.4 Å². The second-order valence-corrected chi connectivity index (χ2v) is 6.43. The van der Waals surface area contributed by atoms with Gasteiger partial charge in [-0.3, -0.25) is 0 Å². The van der Waals surface area contributed by atoms with Crippen molar-refractivity contribution in [3.63, 3.8) is 0 Å². The van der Waals surface area contributed by atoms with E-state index in [-0.39, 0.29) is 0 Å². The molecular weight excluding hydrogens is 286 g/mol. The number of benzene rings is 2. The van der Waals surface area contributed by atoms with E-state index >= 15 is 0 Å². The van der Waals surface area contributed by atoms with E-state index in [4.69, 9.17) is 0 Å². The van der Waals surface area contributed by atoms with Gasteiger partial charge in [-0.2, -0.15) is 0 Å². The minimum Gasteiger partial charge on any atom is -0.507 e. The quantitative estimate of drug-likeness (QED) is 0.713. The van der Waals surface area contributed by atoms with Gasteiger partial charge in [0, 0.05) is 0 Å². The van der Waals surface area contributed by atoms with E-state index in [0.29, 0.717) is 11.5 Å². The molecule has 0 fully saturated rings. The molecule has 0 amide bonds. The van der Waals surface area contributed by atoms with Crippen LogP contribution in [0.1, 0.15) is 33.4 Å². The Morgan fingerprint density at radius 3 is 1.48 bits per heavy atom. The first kappa shape index (κ1) is 17.4. The van der Waals surface area contributed by atoms with Crippen molar-refractivity contribution in [1.82, 2.24) is 5.32 Å². The van der Waals surface area contributed by atoms with Gasteiger partial charge < -0.3 is 15.5 Å². The highest BCUT2D eigenvalue weighted by Crippen LogP contribution is 2.25. The first-order valence-corrected chi connectivity index (χ1v) is 8.17. The molecule has 3 heteroatoms. The van der Waals surface area contributed by atoms with Crippen molar-refractivity contribution in [3.05, 3.63) is 57.6 Å². The zero-order valence-electron chi connectivity index (χ0n) is 14.5. The molecule has 2 rings (SSSR count). The third kappa shape index (κ3) is 4.49. The largest absolute Gasteiger partial charge is 0.507 e. The molecule has 2 aromatic carbocycles. The molecule has 0 aromatic heterocycles. The fourth-order valence-corrected chi connectivity index (χ4v) is 3.05. The summed E-state index contributed by atoms with van der Waals surface area (Å²) in [6.45, 7) is 9.58. The number of hydrogen-bond acceptors (Lipinski definition) is 3. The van der Waals surface area contributed by atoms with Crippen LogP contribution in [0.25, 0.3) is 0 Å². The van der Waals surface area contributed by atoms with Crippen molar-refractivity contribution in [2.24, 2.45) is 0 Å². The minimum absolute atomic E-state index is 0.407. The summed E-state index contributed by atoms with van der Waals surface area (Å²) in [7, 11) is 0. The van der Waals surface area contributed by atoms with E-state index in [9.17, 15) is 10.2 Å². The van der Waals surface area contributed by atoms with E-state index in [1.807, 2.05) is 52.0 Å². The topological polar surface area (TPSA) is 52.5 Å². The highest BCUT2D eigenvalue weighted by molar-refractivity contribution is 5.43. The Morgan fingerprint density at radius 1 is 0.696 bits per heavy atom. The number of rotatable bonds is 6. The maximum atomic E-state index is 10.1. The normalized spacial score (nSPS) is 11.0. The summed E-state index contributed by atoms with van der Waals surface area (Å²) in [5.74, 6) is 0.814. The molecular formula is C20H27NO2. The summed E-state index contributed by atoms with van der Waals surface area (Å²) >= 11 is 0. The smallest absolute Gasteiger partial charge is 0.121 e. The number of nitrogens with one attached hydrogen (secondary N) is 1. The highest BCUT2D eigenvalue weighted by Gasteiger charge is 2.07. The molecule has 0 aliphatic carbocycles. The molecule has 0 saturated carbocycles. The maximum Gasteiger partial charge on any atom is 0.121 e. The van der Waals surface area contributed by atoms with Gasteiger partial charge in [0.15, 0.2) is 0 Å². The van der Waals surface area contributed by atoms with E-state index in [2.05, 4.69) is 5.32 Å². The van der Waals surface area contributed by atoms with Gasteiger partial charge in [0.1, 0.15) is 11.5 Å². The second kappa shape index (κ2) is 7.51. The Bertz CT molecular complexity index is 633. The average molecular weight is 313 g/mol. The molecule has 0 unspecified atom stereocenters. The van der Waals surface area contributed by atoms with Crippen LogP contribution in [0.5, 0.6) is 11.5 Å². The number of aromatic hydroxyl groups is 2. The van der Waals surface area contributed by atoms with E-state index in [1.54, 1.807) is 0 Å². The molecule has 0 aliphatic heterocycles. The van der Waals surface area contributed by atoms with E-state index < -0.39 is 0 Å². The predicted molar refractivity (Wildman–Crippen MR) is 95.4 cm³/mol. The Hall–Kier alpha value is -2.00. The van der Waals surface area contributed by atoms with Gasteiger partial charge in [0.05, 0.1) is 0 Å². The van der Waals surface area contributed by atoms with Crippen molar-refractivity contribution >= 4 is 0 Å². The fourth-order valence-electron chi connectivity index (χ4n) is 3.05. The number of aryl methyl sites for hydroxylation is 4. The summed E-state index contributed by atoms with van der Waals surface area (Å²) in [6.07, 6.45) is 1.60. The molecule has 23 heavy (non-hydrogen) atoms. The van der Waals surface area contributed by atoms with E-state index in [0.717, 1.165) is 48.2 Å². The van der Waals surface area contributed by atoms with Crippen molar-refractivity contribution in [1.29, 1.82) is 0 Å². The minimum atomic E-state index is 0.407. The monoisotopic (exact) mass is 313 g/mol. The molecule has 3 N–H and O–H groups in total. The van der Waals surface area contributed by atoms with Gasteiger partial charge in [-0.15, -0.1) is 0 Å². The molecule has 0 heterocycles. The maximum absolute atomic E-state index is 10.1. The lowest BCUT2D eigenvalue weighted by Gasteiger charge is -2.11. The first-order valence-electron chi connectivity index (χ1n) is 8.17. The molecule has 0 radical (unpaired) electrons. The van der Waals surface area contributed by atoms with Crippen LogP contribution in [0.2, 0.25) is 0 Å². The lowest BCUT2D eigenvalue weighted by Crippen LogP contribution is -2.20. The van der Waals surface area contributed by atoms with Crippen molar-refractivity contribution in [2.45, 2.75) is 40.5 Å². The predicted octanol–water partition coefficient (Wildman–Crippen LogP) is 3.71. The van der Waals surface area contributed by atoms with Crippen molar-refractivity contribution in [2.75, 3.05) is 13.1 Å². The van der Waals surface area contributed by atoms with Crippen LogP contribution in [0, 0.1) is 27.7 Å². The fraction of sp³-hybridized carbons (Fsp3) is 0.400. The standard InChI is InChI=1S/C20H27NO2/c1-13-9-15(3)19(22)17(11-13)5-7-21-8-6-18-12-14(2)10-16(4)20(18)23/h9-12,21-23H,5-8H2,1-4H3. The summed E-state index contributed by atoms with van der Waals surface area (Å²) in [6, 6.07) is 8.07. The van der Waals surface area contributed by atoms with Gasteiger partial charge in [0.25, 0.3) is 0 Å². The van der Waals surface area contributed by atoms with E-state index in [1.165, 1.54) is 11.1 Å². The first-order chi connectivity index (χ1) is 10.9. The Morgan fingerprint density at radius 2 is 1.09 bits per heavy atom. The van der Waals surface area contributed by atoms with Crippen LogP contribution in [0.15, 0.2) is 24.3 Å². The summed E-state index contributed by atoms with van der Waals surface area (Å²) in [4.78, 5) is 0. The number of phenolic OH excluding ortho intramolecular Hbond substituents is 2. The summed E-state index contributed by atoms with van der Waals surface area (Å²) in [5.41, 5.74) is 6.19. The molecule has 3 nitrogen and oxygen atoms in total. The molecule has 0 bridgehead atoms. The average Bonchev–Trinajstić information content (AvgIpc) is 2.48. The summed E-state index contributed by atoms with van der Waals surface area (Å²) in [5, 5.41) is 23.6. The Kier molecular flexibility index (Phi) is 5.67. The van der Waals surface area contributed by atoms with Crippen LogP contribution in [-0.2, 0) is 12.8 Å². The Balaban J connectivity index is 1.85. The molecule has 0 atom stereocenters. The van der Waals surface area contributed by atoms with Gasteiger partial charge in [0.2, 0.25) is 0 Å². The summed E-state index contributed by atoms with van der Waals surface area (Å²) < 4.78 is 0.